The van der Waals surface area contributed by atoms with Gasteiger partial charge < -0.3 is 10.5 Å². The molecule has 0 aliphatic heterocycles. The van der Waals surface area contributed by atoms with Gasteiger partial charge in [-0.3, -0.25) is 4.79 Å². The average Bonchev–Trinajstić information content (AvgIpc) is 2.34. The molecule has 0 aliphatic carbocycles. The molecule has 0 amide bonds. The van der Waals surface area contributed by atoms with E-state index in [0.29, 0.717) is 13.2 Å². The summed E-state index contributed by atoms with van der Waals surface area (Å²) in [4.78, 5) is 12.0. The predicted octanol–water partition coefficient (Wildman–Crippen LogP) is 3.50. The molecule has 0 radical (unpaired) electrons. The largest absolute Gasteiger partial charge is 0.461 e. The number of hydrogen-bond acceptors (Lipinski definition) is 3. The Morgan fingerprint density at radius 1 is 1.32 bits per heavy atom. The van der Waals surface area contributed by atoms with E-state index in [2.05, 4.69) is 36.7 Å². The van der Waals surface area contributed by atoms with Crippen molar-refractivity contribution >= 4 is 21.9 Å². The van der Waals surface area contributed by atoms with Gasteiger partial charge in [0.15, 0.2) is 0 Å². The van der Waals surface area contributed by atoms with Crippen LogP contribution in [0.2, 0.25) is 0 Å². The van der Waals surface area contributed by atoms with Crippen molar-refractivity contribution in [3.63, 3.8) is 0 Å². The highest BCUT2D eigenvalue weighted by atomic mass is 79.9. The monoisotopic (exact) mass is 327 g/mol. The normalized spacial score (nSPS) is 13.1. The number of rotatable bonds is 5. The molecule has 0 bridgehead atoms. The minimum Gasteiger partial charge on any atom is -0.461 e. The molecule has 1 aromatic rings. The van der Waals surface area contributed by atoms with Crippen LogP contribution in [0.4, 0.5) is 0 Å². The average molecular weight is 328 g/mol. The van der Waals surface area contributed by atoms with Crippen LogP contribution in [0.3, 0.4) is 0 Å². The molecule has 1 unspecified atom stereocenters. The number of esters is 1. The number of carbonyl (C=O) groups is 1. The zero-order valence-corrected chi connectivity index (χ0v) is 13.4. The number of carbonyl (C=O) groups excluding carboxylic acids is 1. The zero-order chi connectivity index (χ0) is 14.5. The molecule has 0 saturated carbocycles. The van der Waals surface area contributed by atoms with Gasteiger partial charge >= 0.3 is 5.97 Å². The van der Waals surface area contributed by atoms with E-state index in [1.807, 2.05) is 24.3 Å². The molecular formula is C15H22BrNO2. The molecule has 2 N–H and O–H groups in total. The first kappa shape index (κ1) is 16.2. The van der Waals surface area contributed by atoms with E-state index < -0.39 is 0 Å². The number of benzene rings is 1. The smallest absolute Gasteiger partial charge is 0.310 e. The lowest BCUT2D eigenvalue weighted by atomic mass is 9.85. The number of ether oxygens (including phenoxy) is 1. The first-order valence-corrected chi connectivity index (χ1v) is 7.22. The second-order valence-corrected chi connectivity index (χ2v) is 6.85. The summed E-state index contributed by atoms with van der Waals surface area (Å²) in [5.41, 5.74) is 6.71. The van der Waals surface area contributed by atoms with Gasteiger partial charge in [0.05, 0.1) is 5.92 Å². The van der Waals surface area contributed by atoms with E-state index in [9.17, 15) is 4.79 Å². The first-order valence-electron chi connectivity index (χ1n) is 6.43. The van der Waals surface area contributed by atoms with Crippen LogP contribution in [0.5, 0.6) is 0 Å². The van der Waals surface area contributed by atoms with Crippen LogP contribution < -0.4 is 5.73 Å². The first-order chi connectivity index (χ1) is 8.81. The third kappa shape index (κ3) is 6.21. The van der Waals surface area contributed by atoms with E-state index in [1.165, 1.54) is 0 Å². The molecule has 19 heavy (non-hydrogen) atoms. The zero-order valence-electron chi connectivity index (χ0n) is 11.8. The molecule has 3 nitrogen and oxygen atoms in total. The molecular weight excluding hydrogens is 306 g/mol. The van der Waals surface area contributed by atoms with Gasteiger partial charge in [0.25, 0.3) is 0 Å². The van der Waals surface area contributed by atoms with Crippen LogP contribution in [0, 0.1) is 11.3 Å². The summed E-state index contributed by atoms with van der Waals surface area (Å²) in [6.45, 7) is 6.91. The molecule has 0 heterocycles. The highest BCUT2D eigenvalue weighted by Gasteiger charge is 2.24. The molecule has 106 valence electrons. The van der Waals surface area contributed by atoms with Gasteiger partial charge in [0.1, 0.15) is 6.61 Å². The van der Waals surface area contributed by atoms with E-state index in [1.54, 1.807) is 0 Å². The van der Waals surface area contributed by atoms with Crippen LogP contribution in [0.25, 0.3) is 0 Å². The lowest BCUT2D eigenvalue weighted by molar-refractivity contribution is -0.150. The van der Waals surface area contributed by atoms with Crippen molar-refractivity contribution in [3.8, 4) is 0 Å². The van der Waals surface area contributed by atoms with Gasteiger partial charge in [-0.2, -0.15) is 0 Å². The highest BCUT2D eigenvalue weighted by Crippen LogP contribution is 2.25. The van der Waals surface area contributed by atoms with Crippen LogP contribution in [0.15, 0.2) is 28.7 Å². The van der Waals surface area contributed by atoms with Crippen LogP contribution in [0.1, 0.15) is 32.8 Å². The van der Waals surface area contributed by atoms with Crippen molar-refractivity contribution in [2.24, 2.45) is 17.1 Å². The van der Waals surface area contributed by atoms with Gasteiger partial charge in [0.2, 0.25) is 0 Å². The molecule has 0 fully saturated rings. The highest BCUT2D eigenvalue weighted by molar-refractivity contribution is 9.10. The van der Waals surface area contributed by atoms with Gasteiger partial charge in [-0.15, -0.1) is 0 Å². The molecule has 0 aliphatic rings. The number of halogens is 1. The standard InChI is InChI=1S/C15H22BrNO2/c1-15(2,3)8-12(9-17)14(18)19-10-11-4-6-13(16)7-5-11/h4-7,12H,8-10,17H2,1-3H3. The minimum atomic E-state index is -0.226. The summed E-state index contributed by atoms with van der Waals surface area (Å²) < 4.78 is 6.34. The fourth-order valence-corrected chi connectivity index (χ4v) is 2.12. The summed E-state index contributed by atoms with van der Waals surface area (Å²) in [7, 11) is 0. The maximum Gasteiger partial charge on any atom is 0.310 e. The molecule has 0 saturated heterocycles. The number of hydrogen-bond donors (Lipinski definition) is 1. The fraction of sp³-hybridized carbons (Fsp3) is 0.533. The summed E-state index contributed by atoms with van der Waals surface area (Å²) in [5, 5.41) is 0. The van der Waals surface area contributed by atoms with E-state index in [0.717, 1.165) is 16.5 Å². The van der Waals surface area contributed by atoms with E-state index in [-0.39, 0.29) is 17.3 Å². The lowest BCUT2D eigenvalue weighted by Crippen LogP contribution is -2.29. The van der Waals surface area contributed by atoms with Gasteiger partial charge in [-0.05, 0) is 29.5 Å². The van der Waals surface area contributed by atoms with Crippen molar-refractivity contribution < 1.29 is 9.53 Å². The molecule has 1 aromatic carbocycles. The van der Waals surface area contributed by atoms with E-state index >= 15 is 0 Å². The summed E-state index contributed by atoms with van der Waals surface area (Å²) in [6.07, 6.45) is 0.739. The molecule has 0 aromatic heterocycles. The quantitative estimate of drug-likeness (QED) is 0.842. The Morgan fingerprint density at radius 3 is 2.37 bits per heavy atom. The third-order valence-electron chi connectivity index (χ3n) is 2.77. The Bertz CT molecular complexity index is 409. The van der Waals surface area contributed by atoms with E-state index in [4.69, 9.17) is 10.5 Å². The molecule has 1 rings (SSSR count). The Labute approximate surface area is 123 Å². The topological polar surface area (TPSA) is 52.3 Å². The predicted molar refractivity (Wildman–Crippen MR) is 80.6 cm³/mol. The maximum atomic E-state index is 12.0. The second-order valence-electron chi connectivity index (χ2n) is 5.93. The molecule has 1 atom stereocenters. The van der Waals surface area contributed by atoms with Crippen molar-refractivity contribution in [3.05, 3.63) is 34.3 Å². The van der Waals surface area contributed by atoms with Crippen LogP contribution in [-0.4, -0.2) is 12.5 Å². The van der Waals surface area contributed by atoms with Crippen molar-refractivity contribution in [1.82, 2.24) is 0 Å². The minimum absolute atomic E-state index is 0.0701. The van der Waals surface area contributed by atoms with Crippen molar-refractivity contribution in [1.29, 1.82) is 0 Å². The fourth-order valence-electron chi connectivity index (χ4n) is 1.86. The molecule has 0 spiro atoms. The van der Waals surface area contributed by atoms with Crippen LogP contribution in [-0.2, 0) is 16.1 Å². The Balaban J connectivity index is 2.51. The SMILES string of the molecule is CC(C)(C)CC(CN)C(=O)OCc1ccc(Br)cc1. The summed E-state index contributed by atoms with van der Waals surface area (Å²) >= 11 is 3.37. The van der Waals surface area contributed by atoms with Crippen molar-refractivity contribution in [2.75, 3.05) is 6.54 Å². The maximum absolute atomic E-state index is 12.0. The Hall–Kier alpha value is -0.870. The summed E-state index contributed by atoms with van der Waals surface area (Å²) in [5.74, 6) is -0.434. The van der Waals surface area contributed by atoms with Gasteiger partial charge in [-0.25, -0.2) is 0 Å². The van der Waals surface area contributed by atoms with Crippen molar-refractivity contribution in [2.45, 2.75) is 33.8 Å². The second kappa shape index (κ2) is 7.06. The van der Waals surface area contributed by atoms with Gasteiger partial charge in [-0.1, -0.05) is 48.8 Å². The van der Waals surface area contributed by atoms with Crippen LogP contribution >= 0.6 is 15.9 Å². The molecule has 4 heteroatoms. The third-order valence-corrected chi connectivity index (χ3v) is 3.30. The Morgan fingerprint density at radius 2 is 1.89 bits per heavy atom. The lowest BCUT2D eigenvalue weighted by Gasteiger charge is -2.23. The number of nitrogens with two attached hydrogens (primary N) is 1. The van der Waals surface area contributed by atoms with Gasteiger partial charge in [0, 0.05) is 11.0 Å². The summed E-state index contributed by atoms with van der Waals surface area (Å²) in [6, 6.07) is 7.72. The Kier molecular flexibility index (Phi) is 6.01.